The van der Waals surface area contributed by atoms with Gasteiger partial charge in [0.25, 0.3) is 0 Å². The number of carbonyl (C=O) groups is 1. The summed E-state index contributed by atoms with van der Waals surface area (Å²) in [6.07, 6.45) is 2.50. The molecule has 0 aliphatic carbocycles. The molecular weight excluding hydrogens is 360 g/mol. The van der Waals surface area contributed by atoms with E-state index in [1.54, 1.807) is 0 Å². The highest BCUT2D eigenvalue weighted by molar-refractivity contribution is 8.00. The average molecular weight is 370 g/mol. The molecule has 25 heavy (non-hydrogen) atoms. The van der Waals surface area contributed by atoms with Crippen molar-refractivity contribution in [3.8, 4) is 0 Å². The third kappa shape index (κ3) is 4.41. The molecule has 0 saturated heterocycles. The number of rotatable bonds is 3. The number of nitrogens with zero attached hydrogens (tertiary/aromatic N) is 1. The minimum atomic E-state index is -4.37. The van der Waals surface area contributed by atoms with E-state index in [0.717, 1.165) is 6.20 Å². The quantitative estimate of drug-likeness (QED) is 0.451. The van der Waals surface area contributed by atoms with Gasteiger partial charge >= 0.3 is 11.5 Å². The molecule has 0 radical (unpaired) electrons. The Kier molecular flexibility index (Phi) is 4.53. The van der Waals surface area contributed by atoms with Crippen molar-refractivity contribution in [2.24, 2.45) is 0 Å². The Morgan fingerprint density at radius 1 is 1.16 bits per heavy atom. The zero-order valence-corrected chi connectivity index (χ0v) is 13.1. The Labute approximate surface area is 142 Å². The van der Waals surface area contributed by atoms with Crippen LogP contribution in [0.15, 0.2) is 47.6 Å². The summed E-state index contributed by atoms with van der Waals surface area (Å²) < 4.78 is 50.1. The molecule has 3 N–H and O–H groups in total. The Hall–Kier alpha value is -2.75. The number of carbonyl (C=O) groups excluding carboxylic acids is 1. The number of aromatic nitrogens is 2. The Morgan fingerprint density at radius 2 is 1.88 bits per heavy atom. The van der Waals surface area contributed by atoms with Gasteiger partial charge < -0.3 is 15.6 Å². The molecule has 10 heteroatoms. The van der Waals surface area contributed by atoms with Crippen LogP contribution in [0.5, 0.6) is 0 Å². The maximum atomic E-state index is 13.2. The fourth-order valence-corrected chi connectivity index (χ4v) is 2.65. The molecule has 0 aliphatic heterocycles. The van der Waals surface area contributed by atoms with E-state index in [2.05, 4.69) is 20.6 Å². The number of H-pyrrole nitrogens is 1. The molecule has 2 heterocycles. The third-order valence-electron chi connectivity index (χ3n) is 3.09. The fourth-order valence-electron chi connectivity index (χ4n) is 2.11. The molecule has 3 aromatic rings. The lowest BCUT2D eigenvalue weighted by Gasteiger charge is -2.08. The number of alkyl halides is 3. The van der Waals surface area contributed by atoms with Crippen molar-refractivity contribution in [3.05, 3.63) is 48.5 Å². The first-order valence-corrected chi connectivity index (χ1v) is 7.68. The standard InChI is InChI=1S/C15H10F4N4OS/c16-8-5-11-12(7-21-13(11)20-6-8)23-14(24)22-9-1-3-10(4-2-9)25-15(17,18)19/h1-7H,(H,20,21)(H2,22,23,24). The number of nitrogens with one attached hydrogen (secondary N) is 3. The van der Waals surface area contributed by atoms with Gasteiger partial charge in [0.15, 0.2) is 0 Å². The Balaban J connectivity index is 1.67. The number of urea groups is 1. The van der Waals surface area contributed by atoms with E-state index >= 15 is 0 Å². The van der Waals surface area contributed by atoms with Crippen LogP contribution in [0.1, 0.15) is 0 Å². The van der Waals surface area contributed by atoms with Gasteiger partial charge in [0.2, 0.25) is 0 Å². The van der Waals surface area contributed by atoms with Crippen molar-refractivity contribution < 1.29 is 22.4 Å². The first-order valence-electron chi connectivity index (χ1n) is 6.86. The Morgan fingerprint density at radius 3 is 2.56 bits per heavy atom. The monoisotopic (exact) mass is 370 g/mol. The van der Waals surface area contributed by atoms with Crippen LogP contribution in [0.25, 0.3) is 11.0 Å². The van der Waals surface area contributed by atoms with Crippen LogP contribution in [0, 0.1) is 5.82 Å². The molecule has 130 valence electrons. The highest BCUT2D eigenvalue weighted by Crippen LogP contribution is 2.37. The summed E-state index contributed by atoms with van der Waals surface area (Å²) >= 11 is -0.240. The van der Waals surface area contributed by atoms with Crippen molar-refractivity contribution in [2.75, 3.05) is 10.6 Å². The zero-order chi connectivity index (χ0) is 18.0. The number of thioether (sulfide) groups is 1. The predicted octanol–water partition coefficient (Wildman–Crippen LogP) is 4.96. The van der Waals surface area contributed by atoms with E-state index in [0.29, 0.717) is 22.4 Å². The SMILES string of the molecule is O=C(Nc1ccc(SC(F)(F)F)cc1)Nc1c[nH]c2ncc(F)cc12. The summed E-state index contributed by atoms with van der Waals surface area (Å²) in [6, 6.07) is 5.80. The maximum Gasteiger partial charge on any atom is 0.446 e. The minimum absolute atomic E-state index is 0.0108. The van der Waals surface area contributed by atoms with Crippen molar-refractivity contribution >= 4 is 40.2 Å². The van der Waals surface area contributed by atoms with Gasteiger partial charge in [-0.3, -0.25) is 0 Å². The summed E-state index contributed by atoms with van der Waals surface area (Å²) in [5, 5.41) is 5.40. The number of hydrogen-bond donors (Lipinski definition) is 3. The van der Waals surface area contributed by atoms with Crippen LogP contribution in [0.3, 0.4) is 0 Å². The zero-order valence-electron chi connectivity index (χ0n) is 12.3. The molecule has 0 fully saturated rings. The summed E-state index contributed by atoms with van der Waals surface area (Å²) in [6.45, 7) is 0. The highest BCUT2D eigenvalue weighted by atomic mass is 32.2. The molecule has 0 bridgehead atoms. The fraction of sp³-hybridized carbons (Fsp3) is 0.0667. The topological polar surface area (TPSA) is 69.8 Å². The summed E-state index contributed by atoms with van der Waals surface area (Å²) in [7, 11) is 0. The molecule has 2 amide bonds. The lowest BCUT2D eigenvalue weighted by molar-refractivity contribution is -0.0328. The molecule has 0 aliphatic rings. The van der Waals surface area contributed by atoms with E-state index in [-0.39, 0.29) is 16.7 Å². The van der Waals surface area contributed by atoms with Gasteiger partial charge in [-0.15, -0.1) is 0 Å². The van der Waals surface area contributed by atoms with E-state index in [4.69, 9.17) is 0 Å². The van der Waals surface area contributed by atoms with Crippen LogP contribution < -0.4 is 10.6 Å². The van der Waals surface area contributed by atoms with Gasteiger partial charge in [-0.05, 0) is 42.1 Å². The second kappa shape index (κ2) is 6.63. The van der Waals surface area contributed by atoms with Crippen LogP contribution >= 0.6 is 11.8 Å². The molecule has 0 atom stereocenters. The van der Waals surface area contributed by atoms with Crippen molar-refractivity contribution in [1.29, 1.82) is 0 Å². The normalized spacial score (nSPS) is 11.5. The molecule has 0 unspecified atom stereocenters. The molecule has 3 rings (SSSR count). The first kappa shape index (κ1) is 17.1. The third-order valence-corrected chi connectivity index (χ3v) is 3.83. The number of hydrogen-bond acceptors (Lipinski definition) is 3. The van der Waals surface area contributed by atoms with E-state index < -0.39 is 17.4 Å². The van der Waals surface area contributed by atoms with Crippen LogP contribution in [0.2, 0.25) is 0 Å². The minimum Gasteiger partial charge on any atom is -0.344 e. The van der Waals surface area contributed by atoms with Gasteiger partial charge in [0, 0.05) is 22.2 Å². The first-order chi connectivity index (χ1) is 11.8. The number of aromatic amines is 1. The second-order valence-corrected chi connectivity index (χ2v) is 6.04. The van der Waals surface area contributed by atoms with Crippen molar-refractivity contribution in [1.82, 2.24) is 9.97 Å². The second-order valence-electron chi connectivity index (χ2n) is 4.90. The van der Waals surface area contributed by atoms with Crippen molar-refractivity contribution in [3.63, 3.8) is 0 Å². The number of anilines is 2. The number of halogens is 4. The summed E-state index contributed by atoms with van der Waals surface area (Å²) in [5.74, 6) is -0.548. The summed E-state index contributed by atoms with van der Waals surface area (Å²) in [5.41, 5.74) is -3.33. The van der Waals surface area contributed by atoms with Crippen LogP contribution in [-0.4, -0.2) is 21.5 Å². The molecule has 5 nitrogen and oxygen atoms in total. The highest BCUT2D eigenvalue weighted by Gasteiger charge is 2.29. The van der Waals surface area contributed by atoms with E-state index in [1.807, 2.05) is 0 Å². The maximum absolute atomic E-state index is 13.2. The smallest absolute Gasteiger partial charge is 0.344 e. The van der Waals surface area contributed by atoms with Gasteiger partial charge in [0.05, 0.1) is 11.9 Å². The number of fused-ring (bicyclic) bond motifs is 1. The Bertz CT molecular complexity index is 908. The van der Waals surface area contributed by atoms with E-state index in [1.165, 1.54) is 36.5 Å². The molecule has 0 spiro atoms. The average Bonchev–Trinajstić information content (AvgIpc) is 2.90. The summed E-state index contributed by atoms with van der Waals surface area (Å²) in [4.78, 5) is 18.6. The van der Waals surface area contributed by atoms with Gasteiger partial charge in [0.1, 0.15) is 11.5 Å². The number of amides is 2. The van der Waals surface area contributed by atoms with Gasteiger partial charge in [-0.25, -0.2) is 14.2 Å². The molecule has 2 aromatic heterocycles. The van der Waals surface area contributed by atoms with Gasteiger partial charge in [-0.2, -0.15) is 13.2 Å². The number of benzene rings is 1. The van der Waals surface area contributed by atoms with Crippen LogP contribution in [0.4, 0.5) is 33.7 Å². The predicted molar refractivity (Wildman–Crippen MR) is 87.0 cm³/mol. The van der Waals surface area contributed by atoms with Gasteiger partial charge in [-0.1, -0.05) is 0 Å². The van der Waals surface area contributed by atoms with E-state index in [9.17, 15) is 22.4 Å². The largest absolute Gasteiger partial charge is 0.446 e. The number of pyridine rings is 1. The molecular formula is C15H10F4N4OS. The lowest BCUT2D eigenvalue weighted by atomic mass is 10.3. The lowest BCUT2D eigenvalue weighted by Crippen LogP contribution is -2.19. The molecule has 1 aromatic carbocycles. The van der Waals surface area contributed by atoms with Crippen LogP contribution in [-0.2, 0) is 0 Å². The molecule has 0 saturated carbocycles. The van der Waals surface area contributed by atoms with Crippen molar-refractivity contribution in [2.45, 2.75) is 10.4 Å².